The summed E-state index contributed by atoms with van der Waals surface area (Å²) >= 11 is 0. The number of aromatic nitrogens is 5. The van der Waals surface area contributed by atoms with E-state index >= 15 is 0 Å². The smallest absolute Gasteiger partial charge is 0.248 e. The number of H-pyrrole nitrogens is 1. The molecule has 2 N–H and O–H groups in total. The zero-order valence-corrected chi connectivity index (χ0v) is 15.9. The predicted octanol–water partition coefficient (Wildman–Crippen LogP) is 2.27. The quantitative estimate of drug-likeness (QED) is 0.851. The lowest BCUT2D eigenvalue weighted by molar-refractivity contribution is -0.120. The standard InChI is InChI=1S/C18H27N7O/c1-11(2)8-15-21-17(24-23-15)22-16(26)14-6-5-7-25(10-14)18-19-12(3)9-13(4)20-18/h9,11,14H,5-8,10H2,1-4H3,(H2,21,22,23,24,26). The lowest BCUT2D eigenvalue weighted by atomic mass is 9.97. The molecule has 140 valence electrons. The van der Waals surface area contributed by atoms with Crippen LogP contribution in [0.5, 0.6) is 0 Å². The monoisotopic (exact) mass is 357 g/mol. The van der Waals surface area contributed by atoms with Crippen molar-refractivity contribution in [1.29, 1.82) is 0 Å². The first kappa shape index (κ1) is 18.3. The molecule has 8 heteroatoms. The molecule has 1 fully saturated rings. The van der Waals surface area contributed by atoms with Crippen LogP contribution in [0.2, 0.25) is 0 Å². The molecule has 0 aliphatic carbocycles. The lowest BCUT2D eigenvalue weighted by Crippen LogP contribution is -2.41. The fourth-order valence-corrected chi connectivity index (χ4v) is 3.26. The second kappa shape index (κ2) is 7.80. The topological polar surface area (TPSA) is 99.7 Å². The highest BCUT2D eigenvalue weighted by Crippen LogP contribution is 2.22. The van der Waals surface area contributed by atoms with Crippen LogP contribution in [0.4, 0.5) is 11.9 Å². The molecule has 1 atom stereocenters. The van der Waals surface area contributed by atoms with Crippen LogP contribution in [0.15, 0.2) is 6.07 Å². The van der Waals surface area contributed by atoms with Gasteiger partial charge in [0.15, 0.2) is 0 Å². The number of aryl methyl sites for hydroxylation is 2. The molecule has 3 heterocycles. The summed E-state index contributed by atoms with van der Waals surface area (Å²) in [6.45, 7) is 9.64. The number of nitrogens with one attached hydrogen (secondary N) is 2. The van der Waals surface area contributed by atoms with Crippen LogP contribution in [0, 0.1) is 25.7 Å². The Kier molecular flexibility index (Phi) is 5.49. The van der Waals surface area contributed by atoms with Gasteiger partial charge in [-0.25, -0.2) is 9.97 Å². The SMILES string of the molecule is Cc1cc(C)nc(N2CCCC(C(=O)Nc3n[nH]c(CC(C)C)n3)C2)n1. The van der Waals surface area contributed by atoms with Crippen molar-refractivity contribution >= 4 is 17.8 Å². The van der Waals surface area contributed by atoms with E-state index in [-0.39, 0.29) is 11.8 Å². The van der Waals surface area contributed by atoms with Gasteiger partial charge in [0.1, 0.15) is 5.82 Å². The van der Waals surface area contributed by atoms with Crippen molar-refractivity contribution in [3.05, 3.63) is 23.3 Å². The second-order valence-electron chi connectivity index (χ2n) is 7.43. The highest BCUT2D eigenvalue weighted by Gasteiger charge is 2.28. The predicted molar refractivity (Wildman–Crippen MR) is 100.0 cm³/mol. The van der Waals surface area contributed by atoms with Crippen LogP contribution in [0.1, 0.15) is 43.9 Å². The molecule has 0 spiro atoms. The maximum absolute atomic E-state index is 12.6. The Morgan fingerprint density at radius 3 is 2.73 bits per heavy atom. The van der Waals surface area contributed by atoms with Crippen molar-refractivity contribution in [3.63, 3.8) is 0 Å². The van der Waals surface area contributed by atoms with Crippen molar-refractivity contribution in [3.8, 4) is 0 Å². The van der Waals surface area contributed by atoms with Gasteiger partial charge in [0.05, 0.1) is 5.92 Å². The lowest BCUT2D eigenvalue weighted by Gasteiger charge is -2.32. The number of piperidine rings is 1. The molecule has 2 aromatic rings. The van der Waals surface area contributed by atoms with Crippen molar-refractivity contribution < 1.29 is 4.79 Å². The van der Waals surface area contributed by atoms with Gasteiger partial charge in [0.2, 0.25) is 17.8 Å². The summed E-state index contributed by atoms with van der Waals surface area (Å²) in [5.74, 6) is 2.16. The third kappa shape index (κ3) is 4.56. The van der Waals surface area contributed by atoms with Crippen molar-refractivity contribution in [2.24, 2.45) is 11.8 Å². The fraction of sp³-hybridized carbons (Fsp3) is 0.611. The molecule has 1 aliphatic heterocycles. The van der Waals surface area contributed by atoms with Crippen molar-refractivity contribution in [2.45, 2.75) is 47.0 Å². The molecule has 2 aromatic heterocycles. The van der Waals surface area contributed by atoms with E-state index in [0.29, 0.717) is 24.4 Å². The highest BCUT2D eigenvalue weighted by atomic mass is 16.2. The van der Waals surface area contributed by atoms with E-state index in [2.05, 4.69) is 49.2 Å². The molecule has 1 aliphatic rings. The highest BCUT2D eigenvalue weighted by molar-refractivity contribution is 5.91. The third-order valence-corrected chi connectivity index (χ3v) is 4.41. The van der Waals surface area contributed by atoms with E-state index in [1.54, 1.807) is 0 Å². The average Bonchev–Trinajstić information content (AvgIpc) is 3.00. The minimum Gasteiger partial charge on any atom is -0.340 e. The number of carbonyl (C=O) groups is 1. The van der Waals surface area contributed by atoms with Crippen LogP contribution < -0.4 is 10.2 Å². The first-order valence-electron chi connectivity index (χ1n) is 9.20. The first-order chi connectivity index (χ1) is 12.4. The largest absolute Gasteiger partial charge is 0.340 e. The van der Waals surface area contributed by atoms with E-state index < -0.39 is 0 Å². The van der Waals surface area contributed by atoms with Gasteiger partial charge in [-0.1, -0.05) is 13.8 Å². The summed E-state index contributed by atoms with van der Waals surface area (Å²) in [6, 6.07) is 1.95. The molecule has 0 bridgehead atoms. The summed E-state index contributed by atoms with van der Waals surface area (Å²) in [5, 5.41) is 9.82. The summed E-state index contributed by atoms with van der Waals surface area (Å²) in [5.41, 5.74) is 1.88. The van der Waals surface area contributed by atoms with E-state index in [1.807, 2.05) is 19.9 Å². The number of amides is 1. The van der Waals surface area contributed by atoms with Gasteiger partial charge in [-0.2, -0.15) is 4.98 Å². The van der Waals surface area contributed by atoms with Gasteiger partial charge in [-0.15, -0.1) is 5.10 Å². The first-order valence-corrected chi connectivity index (χ1v) is 9.20. The number of aromatic amines is 1. The number of anilines is 2. The minimum absolute atomic E-state index is 0.0471. The molecule has 0 saturated carbocycles. The fourth-order valence-electron chi connectivity index (χ4n) is 3.26. The third-order valence-electron chi connectivity index (χ3n) is 4.41. The van der Waals surface area contributed by atoms with Gasteiger partial charge in [0.25, 0.3) is 0 Å². The maximum Gasteiger partial charge on any atom is 0.248 e. The molecule has 3 rings (SSSR count). The van der Waals surface area contributed by atoms with Gasteiger partial charge in [0, 0.05) is 30.9 Å². The number of hydrogen-bond acceptors (Lipinski definition) is 6. The van der Waals surface area contributed by atoms with Gasteiger partial charge in [-0.3, -0.25) is 15.2 Å². The van der Waals surface area contributed by atoms with Crippen LogP contribution in [0.25, 0.3) is 0 Å². The summed E-state index contributed by atoms with van der Waals surface area (Å²) in [7, 11) is 0. The summed E-state index contributed by atoms with van der Waals surface area (Å²) in [4.78, 5) is 28.1. The summed E-state index contributed by atoms with van der Waals surface area (Å²) < 4.78 is 0. The molecule has 0 aromatic carbocycles. The normalized spacial score (nSPS) is 17.6. The van der Waals surface area contributed by atoms with Gasteiger partial charge >= 0.3 is 0 Å². The van der Waals surface area contributed by atoms with Crippen LogP contribution in [-0.2, 0) is 11.2 Å². The molecular formula is C18H27N7O. The Morgan fingerprint density at radius 1 is 1.31 bits per heavy atom. The van der Waals surface area contributed by atoms with E-state index in [0.717, 1.165) is 43.0 Å². The van der Waals surface area contributed by atoms with Crippen molar-refractivity contribution in [2.75, 3.05) is 23.3 Å². The van der Waals surface area contributed by atoms with Crippen LogP contribution in [0.3, 0.4) is 0 Å². The molecule has 1 saturated heterocycles. The number of rotatable bonds is 5. The molecule has 1 unspecified atom stereocenters. The molecule has 8 nitrogen and oxygen atoms in total. The molecule has 0 radical (unpaired) electrons. The zero-order valence-electron chi connectivity index (χ0n) is 15.9. The Bertz CT molecular complexity index is 750. The van der Waals surface area contributed by atoms with E-state index in [4.69, 9.17) is 0 Å². The molecular weight excluding hydrogens is 330 g/mol. The number of carbonyl (C=O) groups excluding carboxylic acids is 1. The van der Waals surface area contributed by atoms with Crippen LogP contribution in [-0.4, -0.2) is 44.1 Å². The average molecular weight is 357 g/mol. The number of nitrogens with zero attached hydrogens (tertiary/aromatic N) is 5. The van der Waals surface area contributed by atoms with Gasteiger partial charge in [-0.05, 0) is 38.7 Å². The zero-order chi connectivity index (χ0) is 18.7. The molecule has 26 heavy (non-hydrogen) atoms. The van der Waals surface area contributed by atoms with Crippen LogP contribution >= 0.6 is 0 Å². The molecule has 1 amide bonds. The van der Waals surface area contributed by atoms with E-state index in [9.17, 15) is 4.79 Å². The van der Waals surface area contributed by atoms with Gasteiger partial charge < -0.3 is 4.90 Å². The Hall–Kier alpha value is -2.51. The Morgan fingerprint density at radius 2 is 2.04 bits per heavy atom. The number of hydrogen-bond donors (Lipinski definition) is 2. The van der Waals surface area contributed by atoms with E-state index in [1.165, 1.54) is 0 Å². The Balaban J connectivity index is 1.63. The maximum atomic E-state index is 12.6. The minimum atomic E-state index is -0.125. The second-order valence-corrected chi connectivity index (χ2v) is 7.43. The Labute approximate surface area is 153 Å². The summed E-state index contributed by atoms with van der Waals surface area (Å²) in [6.07, 6.45) is 2.58. The van der Waals surface area contributed by atoms with Crippen molar-refractivity contribution in [1.82, 2.24) is 25.1 Å².